The van der Waals surface area contributed by atoms with Gasteiger partial charge in [-0.1, -0.05) is 0 Å². The number of nitrogens with zero attached hydrogens (tertiary/aromatic N) is 6. The Bertz CT molecular complexity index is 1260. The smallest absolute Gasteiger partial charge is 0.417 e. The Labute approximate surface area is 210 Å². The van der Waals surface area contributed by atoms with Crippen LogP contribution in [0, 0.1) is 0 Å². The average molecular weight is 521 g/mol. The topological polar surface area (TPSA) is 109 Å². The van der Waals surface area contributed by atoms with Crippen LogP contribution in [-0.2, 0) is 22.2 Å². The van der Waals surface area contributed by atoms with Gasteiger partial charge < -0.3 is 9.47 Å². The first kappa shape index (κ1) is 25.3. The van der Waals surface area contributed by atoms with Crippen LogP contribution < -0.4 is 10.6 Å². The molecule has 0 saturated carbocycles. The fraction of sp³-hybridized carbons (Fsp3) is 0.478. The van der Waals surface area contributed by atoms with E-state index in [9.17, 15) is 18.0 Å². The number of amides is 1. The van der Waals surface area contributed by atoms with Crippen LogP contribution in [0.5, 0.6) is 0 Å². The number of piperazine rings is 1. The number of halogens is 3. The number of pyridine rings is 1. The normalized spacial score (nSPS) is 19.7. The van der Waals surface area contributed by atoms with Gasteiger partial charge in [-0.15, -0.1) is 5.10 Å². The summed E-state index contributed by atoms with van der Waals surface area (Å²) in [6.45, 7) is 6.56. The fourth-order valence-corrected chi connectivity index (χ4v) is 4.59. The molecular formula is C23H27F3N8O3. The van der Waals surface area contributed by atoms with Crippen molar-refractivity contribution in [3.05, 3.63) is 41.9 Å². The third-order valence-corrected chi connectivity index (χ3v) is 6.41. The van der Waals surface area contributed by atoms with Crippen LogP contribution in [0.1, 0.15) is 11.1 Å². The van der Waals surface area contributed by atoms with Crippen molar-refractivity contribution in [1.82, 2.24) is 34.7 Å². The molecule has 14 heteroatoms. The van der Waals surface area contributed by atoms with Crippen molar-refractivity contribution < 1.29 is 27.4 Å². The van der Waals surface area contributed by atoms with E-state index in [1.165, 1.54) is 10.7 Å². The van der Waals surface area contributed by atoms with Crippen LogP contribution in [0.3, 0.4) is 0 Å². The first-order valence-electron chi connectivity index (χ1n) is 11.8. The van der Waals surface area contributed by atoms with Gasteiger partial charge in [0.25, 0.3) is 0 Å². The van der Waals surface area contributed by atoms with E-state index in [4.69, 9.17) is 4.74 Å². The minimum atomic E-state index is -4.72. The first-order chi connectivity index (χ1) is 17.8. The zero-order valence-electron chi connectivity index (χ0n) is 20.2. The second kappa shape index (κ2) is 10.6. The van der Waals surface area contributed by atoms with E-state index in [1.807, 2.05) is 6.07 Å². The highest BCUT2D eigenvalue weighted by molar-refractivity contribution is 5.83. The lowest BCUT2D eigenvalue weighted by atomic mass is 10.1. The van der Waals surface area contributed by atoms with Gasteiger partial charge in [-0.3, -0.25) is 20.4 Å². The SMILES string of the molecule is COC(=O)Nc1cc(C(F)(F)F)c(-c2ncc3cc(CN4CCNC(N5CCOCC5)C4)cn3n2)cn1. The molecule has 0 aromatic carbocycles. The number of morpholine rings is 1. The van der Waals surface area contributed by atoms with Crippen molar-refractivity contribution in [1.29, 1.82) is 0 Å². The molecule has 3 aromatic heterocycles. The number of methoxy groups -OCH3 is 1. The van der Waals surface area contributed by atoms with Crippen LogP contribution in [0.25, 0.3) is 16.9 Å². The van der Waals surface area contributed by atoms with Gasteiger partial charge in [-0.25, -0.2) is 19.3 Å². The number of fused-ring (bicyclic) bond motifs is 1. The van der Waals surface area contributed by atoms with E-state index in [-0.39, 0.29) is 23.4 Å². The highest BCUT2D eigenvalue weighted by atomic mass is 19.4. The quantitative estimate of drug-likeness (QED) is 0.523. The number of hydrogen-bond acceptors (Lipinski definition) is 9. The van der Waals surface area contributed by atoms with Gasteiger partial charge in [0, 0.05) is 51.7 Å². The summed E-state index contributed by atoms with van der Waals surface area (Å²) in [6.07, 6.45) is -1.10. The van der Waals surface area contributed by atoms with Crippen molar-refractivity contribution >= 4 is 17.4 Å². The average Bonchev–Trinajstić information content (AvgIpc) is 3.30. The molecule has 1 atom stereocenters. The number of carbonyl (C=O) groups excluding carboxylic acids is 1. The van der Waals surface area contributed by atoms with Crippen molar-refractivity contribution in [2.45, 2.75) is 18.9 Å². The molecule has 2 N–H and O–H groups in total. The van der Waals surface area contributed by atoms with Gasteiger partial charge in [0.05, 0.1) is 49.3 Å². The molecule has 0 aliphatic carbocycles. The Morgan fingerprint density at radius 3 is 2.78 bits per heavy atom. The predicted octanol–water partition coefficient (Wildman–Crippen LogP) is 2.05. The minimum absolute atomic E-state index is 0.131. The molecule has 0 radical (unpaired) electrons. The van der Waals surface area contributed by atoms with Crippen molar-refractivity contribution in [2.75, 3.05) is 58.4 Å². The van der Waals surface area contributed by atoms with E-state index in [2.05, 4.69) is 40.2 Å². The van der Waals surface area contributed by atoms with E-state index in [0.717, 1.165) is 70.9 Å². The maximum Gasteiger partial charge on any atom is 0.417 e. The zero-order chi connectivity index (χ0) is 26.0. The fourth-order valence-electron chi connectivity index (χ4n) is 4.59. The lowest BCUT2D eigenvalue weighted by Crippen LogP contribution is -2.60. The predicted molar refractivity (Wildman–Crippen MR) is 127 cm³/mol. The summed E-state index contributed by atoms with van der Waals surface area (Å²) in [5.74, 6) is -0.424. The molecule has 2 aliphatic rings. The van der Waals surface area contributed by atoms with Crippen molar-refractivity contribution in [3.63, 3.8) is 0 Å². The third kappa shape index (κ3) is 5.82. The summed E-state index contributed by atoms with van der Waals surface area (Å²) >= 11 is 0. The molecule has 0 spiro atoms. The molecule has 2 aliphatic heterocycles. The molecule has 3 aromatic rings. The number of hydrogen-bond donors (Lipinski definition) is 2. The van der Waals surface area contributed by atoms with Crippen molar-refractivity contribution in [2.24, 2.45) is 0 Å². The van der Waals surface area contributed by atoms with Crippen LogP contribution >= 0.6 is 0 Å². The third-order valence-electron chi connectivity index (χ3n) is 6.41. The van der Waals surface area contributed by atoms with E-state index < -0.39 is 17.8 Å². The van der Waals surface area contributed by atoms with Gasteiger partial charge >= 0.3 is 12.3 Å². The molecule has 5 rings (SSSR count). The number of rotatable bonds is 5. The molecule has 198 valence electrons. The van der Waals surface area contributed by atoms with Gasteiger partial charge in [-0.2, -0.15) is 13.2 Å². The maximum atomic E-state index is 13.8. The molecule has 1 amide bonds. The molecule has 37 heavy (non-hydrogen) atoms. The molecule has 5 heterocycles. The van der Waals surface area contributed by atoms with Gasteiger partial charge in [0.2, 0.25) is 0 Å². The van der Waals surface area contributed by atoms with Crippen LogP contribution in [0.2, 0.25) is 0 Å². The summed E-state index contributed by atoms with van der Waals surface area (Å²) in [4.78, 5) is 24.2. The molecule has 11 nitrogen and oxygen atoms in total. The summed E-state index contributed by atoms with van der Waals surface area (Å²) in [5, 5.41) is 10.0. The lowest BCUT2D eigenvalue weighted by molar-refractivity contribution is -0.137. The standard InChI is InChI=1S/C23H27F3N8O3/c1-36-22(35)30-19-9-18(23(24,25)26)17(11-28-19)21-29-10-16-8-15(13-34(16)31-21)12-32-3-2-27-20(14-32)33-4-6-37-7-5-33/h8-11,13,20,27H,2-7,12,14H2,1H3,(H,28,30,35). The Morgan fingerprint density at radius 2 is 2.03 bits per heavy atom. The maximum absolute atomic E-state index is 13.8. The highest BCUT2D eigenvalue weighted by Crippen LogP contribution is 2.36. The number of aromatic nitrogens is 4. The first-order valence-corrected chi connectivity index (χ1v) is 11.8. The second-order valence-corrected chi connectivity index (χ2v) is 8.88. The van der Waals surface area contributed by atoms with Crippen LogP contribution in [0.15, 0.2) is 30.7 Å². The number of anilines is 1. The molecular weight excluding hydrogens is 493 g/mol. The Balaban J connectivity index is 1.35. The monoisotopic (exact) mass is 520 g/mol. The van der Waals surface area contributed by atoms with Crippen LogP contribution in [-0.4, -0.2) is 94.7 Å². The summed E-state index contributed by atoms with van der Waals surface area (Å²) in [7, 11) is 1.10. The Morgan fingerprint density at radius 1 is 1.22 bits per heavy atom. The largest absolute Gasteiger partial charge is 0.453 e. The zero-order valence-corrected chi connectivity index (χ0v) is 20.2. The van der Waals surface area contributed by atoms with Crippen molar-refractivity contribution in [3.8, 4) is 11.4 Å². The Kier molecular flexibility index (Phi) is 7.24. The summed E-state index contributed by atoms with van der Waals surface area (Å²) in [6, 6.07) is 2.66. The molecule has 0 bridgehead atoms. The second-order valence-electron chi connectivity index (χ2n) is 8.88. The van der Waals surface area contributed by atoms with Crippen LogP contribution in [0.4, 0.5) is 23.8 Å². The molecule has 2 saturated heterocycles. The van der Waals surface area contributed by atoms with Gasteiger partial charge in [0.1, 0.15) is 5.82 Å². The number of carbonyl (C=O) groups is 1. The minimum Gasteiger partial charge on any atom is -0.453 e. The van der Waals surface area contributed by atoms with E-state index in [0.29, 0.717) is 12.1 Å². The summed E-state index contributed by atoms with van der Waals surface area (Å²) in [5.41, 5.74) is 0.344. The number of ether oxygens (including phenoxy) is 2. The van der Waals surface area contributed by atoms with E-state index in [1.54, 1.807) is 6.20 Å². The molecule has 2 fully saturated rings. The number of nitrogens with one attached hydrogen (secondary N) is 2. The molecule has 1 unspecified atom stereocenters. The van der Waals surface area contributed by atoms with Gasteiger partial charge in [0.15, 0.2) is 5.82 Å². The Hall–Kier alpha value is -3.33. The van der Waals surface area contributed by atoms with Gasteiger partial charge in [-0.05, 0) is 17.7 Å². The number of alkyl halides is 3. The lowest BCUT2D eigenvalue weighted by Gasteiger charge is -2.41. The highest BCUT2D eigenvalue weighted by Gasteiger charge is 2.35. The van der Waals surface area contributed by atoms with E-state index >= 15 is 0 Å². The summed E-state index contributed by atoms with van der Waals surface area (Å²) < 4.78 is 52.9.